The standard InChI is InChI=1S/C19H27N5O/c1-15(2)7-9-20-18-8-10-21-19(23-18)22-16-5-3-4-6-17(16)24-11-13-25-14-12-24/h3-6,8,10,15H,7,9,11-14H2,1-2H3,(H2,20,21,22,23). The molecule has 0 radical (unpaired) electrons. The van der Waals surface area contributed by atoms with Gasteiger partial charge in [0.25, 0.3) is 0 Å². The predicted molar refractivity (Wildman–Crippen MR) is 103 cm³/mol. The summed E-state index contributed by atoms with van der Waals surface area (Å²) in [4.78, 5) is 11.3. The first-order valence-electron chi connectivity index (χ1n) is 8.98. The average molecular weight is 341 g/mol. The molecule has 3 rings (SSSR count). The summed E-state index contributed by atoms with van der Waals surface area (Å²) >= 11 is 0. The van der Waals surface area contributed by atoms with Gasteiger partial charge < -0.3 is 20.3 Å². The molecule has 0 amide bonds. The monoisotopic (exact) mass is 341 g/mol. The van der Waals surface area contributed by atoms with Crippen LogP contribution >= 0.6 is 0 Å². The lowest BCUT2D eigenvalue weighted by atomic mass is 10.1. The van der Waals surface area contributed by atoms with Crippen molar-refractivity contribution in [2.75, 3.05) is 48.4 Å². The van der Waals surface area contributed by atoms with Crippen molar-refractivity contribution >= 4 is 23.1 Å². The number of nitrogens with one attached hydrogen (secondary N) is 2. The second-order valence-electron chi connectivity index (χ2n) is 6.62. The Labute approximate surface area is 149 Å². The minimum absolute atomic E-state index is 0.607. The largest absolute Gasteiger partial charge is 0.378 e. The van der Waals surface area contributed by atoms with Crippen LogP contribution in [0.5, 0.6) is 0 Å². The third kappa shape index (κ3) is 5.06. The van der Waals surface area contributed by atoms with E-state index in [2.05, 4.69) is 57.5 Å². The van der Waals surface area contributed by atoms with Gasteiger partial charge in [-0.25, -0.2) is 4.98 Å². The maximum absolute atomic E-state index is 5.45. The topological polar surface area (TPSA) is 62.3 Å². The predicted octanol–water partition coefficient (Wildman–Crippen LogP) is 3.51. The minimum Gasteiger partial charge on any atom is -0.378 e. The molecule has 0 spiro atoms. The number of benzene rings is 1. The molecule has 2 N–H and O–H groups in total. The van der Waals surface area contributed by atoms with Gasteiger partial charge in [0, 0.05) is 25.8 Å². The van der Waals surface area contributed by atoms with Crippen LogP contribution < -0.4 is 15.5 Å². The Balaban J connectivity index is 1.70. The Morgan fingerprint density at radius 1 is 1.16 bits per heavy atom. The maximum Gasteiger partial charge on any atom is 0.229 e. The molecule has 0 unspecified atom stereocenters. The third-order valence-electron chi connectivity index (χ3n) is 4.19. The number of aromatic nitrogens is 2. The molecule has 1 fully saturated rings. The molecule has 6 heteroatoms. The van der Waals surface area contributed by atoms with Crippen LogP contribution in [0.2, 0.25) is 0 Å². The summed E-state index contributed by atoms with van der Waals surface area (Å²) in [5.74, 6) is 2.13. The second kappa shape index (κ2) is 8.67. The van der Waals surface area contributed by atoms with E-state index in [-0.39, 0.29) is 0 Å². The first-order valence-corrected chi connectivity index (χ1v) is 8.98. The van der Waals surface area contributed by atoms with Crippen LogP contribution in [0.4, 0.5) is 23.1 Å². The molecule has 25 heavy (non-hydrogen) atoms. The van der Waals surface area contributed by atoms with E-state index >= 15 is 0 Å². The lowest BCUT2D eigenvalue weighted by Crippen LogP contribution is -2.36. The average Bonchev–Trinajstić information content (AvgIpc) is 2.63. The van der Waals surface area contributed by atoms with E-state index in [1.807, 2.05) is 12.1 Å². The molecule has 2 aromatic rings. The maximum atomic E-state index is 5.45. The van der Waals surface area contributed by atoms with Crippen molar-refractivity contribution in [3.8, 4) is 0 Å². The molecular formula is C19H27N5O. The van der Waals surface area contributed by atoms with Crippen LogP contribution in [0, 0.1) is 5.92 Å². The molecule has 1 aliphatic heterocycles. The summed E-state index contributed by atoms with van der Waals surface area (Å²) in [6.45, 7) is 8.68. The molecule has 134 valence electrons. The van der Waals surface area contributed by atoms with E-state index in [9.17, 15) is 0 Å². The highest BCUT2D eigenvalue weighted by Gasteiger charge is 2.15. The summed E-state index contributed by atoms with van der Waals surface area (Å²) in [6.07, 6.45) is 2.90. The van der Waals surface area contributed by atoms with Crippen molar-refractivity contribution in [2.45, 2.75) is 20.3 Å². The van der Waals surface area contributed by atoms with E-state index in [1.165, 1.54) is 0 Å². The summed E-state index contributed by atoms with van der Waals surface area (Å²) in [6, 6.07) is 10.2. The molecule has 0 atom stereocenters. The highest BCUT2D eigenvalue weighted by Crippen LogP contribution is 2.28. The van der Waals surface area contributed by atoms with Crippen LogP contribution in [-0.4, -0.2) is 42.8 Å². The molecule has 1 saturated heterocycles. The number of anilines is 4. The van der Waals surface area contributed by atoms with Gasteiger partial charge in [0.1, 0.15) is 5.82 Å². The minimum atomic E-state index is 0.607. The van der Waals surface area contributed by atoms with Crippen LogP contribution in [0.25, 0.3) is 0 Å². The van der Waals surface area contributed by atoms with Gasteiger partial charge in [-0.15, -0.1) is 0 Å². The number of ether oxygens (including phenoxy) is 1. The zero-order chi connectivity index (χ0) is 17.5. The highest BCUT2D eigenvalue weighted by atomic mass is 16.5. The molecular weight excluding hydrogens is 314 g/mol. The molecule has 1 aromatic carbocycles. The van der Waals surface area contributed by atoms with E-state index in [0.29, 0.717) is 11.9 Å². The van der Waals surface area contributed by atoms with Crippen molar-refractivity contribution in [1.82, 2.24) is 9.97 Å². The van der Waals surface area contributed by atoms with Gasteiger partial charge in [-0.2, -0.15) is 4.98 Å². The third-order valence-corrected chi connectivity index (χ3v) is 4.19. The first-order chi connectivity index (χ1) is 12.2. The number of hydrogen-bond donors (Lipinski definition) is 2. The fraction of sp³-hybridized carbons (Fsp3) is 0.474. The van der Waals surface area contributed by atoms with Crippen LogP contribution in [0.3, 0.4) is 0 Å². The number of para-hydroxylation sites is 2. The molecule has 0 saturated carbocycles. The van der Waals surface area contributed by atoms with Crippen LogP contribution in [0.1, 0.15) is 20.3 Å². The Kier molecular flexibility index (Phi) is 6.06. The van der Waals surface area contributed by atoms with Crippen molar-refractivity contribution in [2.24, 2.45) is 5.92 Å². The van der Waals surface area contributed by atoms with Gasteiger partial charge in [0.2, 0.25) is 5.95 Å². The molecule has 1 aromatic heterocycles. The summed E-state index contributed by atoms with van der Waals surface area (Å²) < 4.78 is 5.45. The van der Waals surface area contributed by atoms with Gasteiger partial charge in [-0.3, -0.25) is 0 Å². The smallest absolute Gasteiger partial charge is 0.229 e. The zero-order valence-electron chi connectivity index (χ0n) is 15.0. The number of nitrogens with zero attached hydrogens (tertiary/aromatic N) is 3. The first kappa shape index (κ1) is 17.5. The second-order valence-corrected chi connectivity index (χ2v) is 6.62. The van der Waals surface area contributed by atoms with E-state index < -0.39 is 0 Å². The van der Waals surface area contributed by atoms with E-state index in [4.69, 9.17) is 4.74 Å². The van der Waals surface area contributed by atoms with Crippen molar-refractivity contribution in [3.63, 3.8) is 0 Å². The summed E-state index contributed by atoms with van der Waals surface area (Å²) in [5.41, 5.74) is 2.18. The Morgan fingerprint density at radius 2 is 1.96 bits per heavy atom. The van der Waals surface area contributed by atoms with Crippen molar-refractivity contribution in [1.29, 1.82) is 0 Å². The molecule has 2 heterocycles. The van der Waals surface area contributed by atoms with Crippen molar-refractivity contribution < 1.29 is 4.74 Å². The fourth-order valence-corrected chi connectivity index (χ4v) is 2.79. The van der Waals surface area contributed by atoms with Gasteiger partial charge in [0.05, 0.1) is 24.6 Å². The Hall–Kier alpha value is -2.34. The van der Waals surface area contributed by atoms with Crippen LogP contribution in [-0.2, 0) is 4.74 Å². The van der Waals surface area contributed by atoms with E-state index in [0.717, 1.165) is 56.5 Å². The normalized spacial score (nSPS) is 14.6. The Morgan fingerprint density at radius 3 is 2.76 bits per heavy atom. The molecule has 1 aliphatic rings. The quantitative estimate of drug-likeness (QED) is 0.803. The zero-order valence-corrected chi connectivity index (χ0v) is 15.0. The van der Waals surface area contributed by atoms with Gasteiger partial charge in [-0.1, -0.05) is 26.0 Å². The fourth-order valence-electron chi connectivity index (χ4n) is 2.79. The molecule has 0 aliphatic carbocycles. The molecule has 0 bridgehead atoms. The van der Waals surface area contributed by atoms with Gasteiger partial charge >= 0.3 is 0 Å². The van der Waals surface area contributed by atoms with Gasteiger partial charge in [-0.05, 0) is 30.5 Å². The lowest BCUT2D eigenvalue weighted by Gasteiger charge is -2.30. The summed E-state index contributed by atoms with van der Waals surface area (Å²) in [7, 11) is 0. The lowest BCUT2D eigenvalue weighted by molar-refractivity contribution is 0.123. The number of morpholine rings is 1. The number of rotatable bonds is 7. The Bertz CT molecular complexity index is 670. The highest BCUT2D eigenvalue weighted by molar-refractivity contribution is 5.73. The van der Waals surface area contributed by atoms with E-state index in [1.54, 1.807) is 6.20 Å². The van der Waals surface area contributed by atoms with Gasteiger partial charge in [0.15, 0.2) is 0 Å². The van der Waals surface area contributed by atoms with Crippen LogP contribution in [0.15, 0.2) is 36.5 Å². The SMILES string of the molecule is CC(C)CCNc1ccnc(Nc2ccccc2N2CCOCC2)n1. The molecule has 6 nitrogen and oxygen atoms in total. The van der Waals surface area contributed by atoms with Crippen molar-refractivity contribution in [3.05, 3.63) is 36.5 Å². The summed E-state index contributed by atoms with van der Waals surface area (Å²) in [5, 5.41) is 6.73. The number of hydrogen-bond acceptors (Lipinski definition) is 6.